The van der Waals surface area contributed by atoms with Gasteiger partial charge in [0.25, 0.3) is 0 Å². The second-order valence-corrected chi connectivity index (χ2v) is 7.25. The number of hydrogen-bond acceptors (Lipinski definition) is 7. The van der Waals surface area contributed by atoms with E-state index in [1.165, 1.54) is 0 Å². The van der Waals surface area contributed by atoms with E-state index in [1.54, 1.807) is 25.0 Å². The highest BCUT2D eigenvalue weighted by Gasteiger charge is 2.40. The van der Waals surface area contributed by atoms with E-state index < -0.39 is 5.41 Å². The third-order valence-electron chi connectivity index (χ3n) is 5.79. The first-order valence-corrected chi connectivity index (χ1v) is 9.33. The molecule has 0 aliphatic heterocycles. The maximum absolute atomic E-state index is 9.57. The van der Waals surface area contributed by atoms with Crippen LogP contribution in [0.4, 0.5) is 0 Å². The highest BCUT2D eigenvalue weighted by atomic mass is 16.4. The molecule has 5 rings (SSSR count). The van der Waals surface area contributed by atoms with E-state index >= 15 is 0 Å². The van der Waals surface area contributed by atoms with E-state index in [0.29, 0.717) is 12.1 Å². The minimum atomic E-state index is -0.546. The van der Waals surface area contributed by atoms with Crippen molar-refractivity contribution in [1.82, 2.24) is 30.1 Å². The number of oxime groups is 1. The molecule has 0 radical (unpaired) electrons. The number of rotatable bonds is 4. The summed E-state index contributed by atoms with van der Waals surface area (Å²) in [5.74, 6) is 0.279. The molecule has 0 atom stereocenters. The minimum Gasteiger partial charge on any atom is -0.411 e. The van der Waals surface area contributed by atoms with Gasteiger partial charge < -0.3 is 5.21 Å². The lowest BCUT2D eigenvalue weighted by Crippen LogP contribution is -2.33. The van der Waals surface area contributed by atoms with Crippen LogP contribution >= 0.6 is 0 Å². The highest BCUT2D eigenvalue weighted by Crippen LogP contribution is 2.40. The van der Waals surface area contributed by atoms with Gasteiger partial charge in [-0.3, -0.25) is 5.10 Å². The van der Waals surface area contributed by atoms with Gasteiger partial charge in [0, 0.05) is 36.0 Å². The topological polar surface area (TPSA) is 113 Å². The van der Waals surface area contributed by atoms with Gasteiger partial charge in [-0.2, -0.15) is 5.10 Å². The Kier molecular flexibility index (Phi) is 3.96. The molecule has 2 N–H and O–H groups in total. The first-order chi connectivity index (χ1) is 13.8. The predicted molar refractivity (Wildman–Crippen MR) is 102 cm³/mol. The van der Waals surface area contributed by atoms with E-state index in [0.717, 1.165) is 47.6 Å². The van der Waals surface area contributed by atoms with Crippen LogP contribution < -0.4 is 0 Å². The van der Waals surface area contributed by atoms with Crippen molar-refractivity contribution in [3.8, 4) is 0 Å². The molecule has 1 saturated carbocycles. The van der Waals surface area contributed by atoms with Gasteiger partial charge in [-0.05, 0) is 25.0 Å². The van der Waals surface area contributed by atoms with Crippen LogP contribution in [0.3, 0.4) is 0 Å². The Bertz CT molecular complexity index is 999. The summed E-state index contributed by atoms with van der Waals surface area (Å²) in [6, 6.07) is 3.81. The minimum absolute atomic E-state index is 0.279. The Hall–Kier alpha value is -3.42. The summed E-state index contributed by atoms with van der Waals surface area (Å²) in [5.41, 5.74) is 4.51. The molecule has 2 aliphatic carbocycles. The van der Waals surface area contributed by atoms with Crippen molar-refractivity contribution in [2.75, 3.05) is 0 Å². The highest BCUT2D eigenvalue weighted by molar-refractivity contribution is 6.03. The standard InChI is InChI=1S/C20H19N7O/c28-27-18(13-2-1-3-13)19-14-4-7-20(10-15(14)25-26-19,16-5-8-21-11-23-16)17-6-9-22-12-24-17/h4-9,11-13,28H,1-3,10H2,(H,25,26). The van der Waals surface area contributed by atoms with Crippen molar-refractivity contribution in [3.63, 3.8) is 0 Å². The maximum Gasteiger partial charge on any atom is 0.117 e. The number of nitrogens with zero attached hydrogens (tertiary/aromatic N) is 6. The van der Waals surface area contributed by atoms with Gasteiger partial charge in [0.05, 0.1) is 16.8 Å². The predicted octanol–water partition coefficient (Wildman–Crippen LogP) is 2.52. The Balaban J connectivity index is 1.61. The second kappa shape index (κ2) is 6.63. The molecule has 0 saturated heterocycles. The summed E-state index contributed by atoms with van der Waals surface area (Å²) in [7, 11) is 0. The number of fused-ring (bicyclic) bond motifs is 1. The zero-order valence-corrected chi connectivity index (χ0v) is 15.2. The number of aromatic nitrogens is 6. The Morgan fingerprint density at radius 1 is 1.11 bits per heavy atom. The summed E-state index contributed by atoms with van der Waals surface area (Å²) in [6.07, 6.45) is 14.6. The average molecular weight is 373 g/mol. The van der Waals surface area contributed by atoms with E-state index in [9.17, 15) is 5.21 Å². The lowest BCUT2D eigenvalue weighted by molar-refractivity contribution is 0.305. The first kappa shape index (κ1) is 16.7. The van der Waals surface area contributed by atoms with E-state index in [2.05, 4.69) is 41.4 Å². The average Bonchev–Trinajstić information content (AvgIpc) is 3.14. The van der Waals surface area contributed by atoms with Crippen molar-refractivity contribution in [1.29, 1.82) is 0 Å². The molecule has 0 unspecified atom stereocenters. The van der Waals surface area contributed by atoms with Gasteiger partial charge in [0.2, 0.25) is 0 Å². The van der Waals surface area contributed by atoms with Crippen molar-refractivity contribution < 1.29 is 5.21 Å². The van der Waals surface area contributed by atoms with Gasteiger partial charge in [-0.15, -0.1) is 0 Å². The molecule has 3 aromatic heterocycles. The fourth-order valence-corrected chi connectivity index (χ4v) is 4.06. The van der Waals surface area contributed by atoms with Gasteiger partial charge in [-0.25, -0.2) is 19.9 Å². The normalized spacial score (nSPS) is 18.5. The molecule has 1 fully saturated rings. The van der Waals surface area contributed by atoms with Crippen molar-refractivity contribution in [2.24, 2.45) is 11.1 Å². The van der Waals surface area contributed by atoms with Crippen molar-refractivity contribution in [2.45, 2.75) is 31.1 Å². The molecule has 3 aromatic rings. The fourth-order valence-electron chi connectivity index (χ4n) is 4.06. The van der Waals surface area contributed by atoms with Gasteiger partial charge in [0.15, 0.2) is 0 Å². The van der Waals surface area contributed by atoms with Gasteiger partial charge in [-0.1, -0.05) is 23.7 Å². The zero-order valence-electron chi connectivity index (χ0n) is 15.2. The molecular formula is C20H19N7O. The van der Waals surface area contributed by atoms with E-state index in [-0.39, 0.29) is 5.92 Å². The summed E-state index contributed by atoms with van der Waals surface area (Å²) < 4.78 is 0. The van der Waals surface area contributed by atoms with Crippen molar-refractivity contribution >= 4 is 11.8 Å². The molecule has 8 heteroatoms. The number of H-pyrrole nitrogens is 1. The molecule has 2 aliphatic rings. The molecule has 28 heavy (non-hydrogen) atoms. The Morgan fingerprint density at radius 3 is 2.36 bits per heavy atom. The molecule has 0 aromatic carbocycles. The van der Waals surface area contributed by atoms with Crippen LogP contribution in [-0.2, 0) is 11.8 Å². The third-order valence-corrected chi connectivity index (χ3v) is 5.79. The number of aromatic amines is 1. The van der Waals surface area contributed by atoms with E-state index in [4.69, 9.17) is 0 Å². The molecule has 0 spiro atoms. The van der Waals surface area contributed by atoms with Crippen LogP contribution in [0.25, 0.3) is 6.08 Å². The van der Waals surface area contributed by atoms with Crippen LogP contribution in [0.1, 0.15) is 47.6 Å². The monoisotopic (exact) mass is 373 g/mol. The molecule has 8 nitrogen and oxygen atoms in total. The molecular weight excluding hydrogens is 354 g/mol. The molecule has 0 bridgehead atoms. The lowest BCUT2D eigenvalue weighted by Gasteiger charge is -2.32. The van der Waals surface area contributed by atoms with Crippen LogP contribution in [0.5, 0.6) is 0 Å². The first-order valence-electron chi connectivity index (χ1n) is 9.33. The van der Waals surface area contributed by atoms with Crippen LogP contribution in [0, 0.1) is 5.92 Å². The number of nitrogens with one attached hydrogen (secondary N) is 1. The molecule has 0 amide bonds. The SMILES string of the molecule is ON=C(c1n[nH]c2c1C=CC(c1ccncn1)(c1ccncn1)C2)C1CCC1. The maximum atomic E-state index is 9.57. The summed E-state index contributed by atoms with van der Waals surface area (Å²) >= 11 is 0. The van der Waals surface area contributed by atoms with Crippen LogP contribution in [0.2, 0.25) is 0 Å². The van der Waals surface area contributed by atoms with Gasteiger partial charge >= 0.3 is 0 Å². The smallest absolute Gasteiger partial charge is 0.117 e. The largest absolute Gasteiger partial charge is 0.411 e. The Labute approximate surface area is 161 Å². The molecule has 3 heterocycles. The third kappa shape index (κ3) is 2.52. The second-order valence-electron chi connectivity index (χ2n) is 7.25. The summed E-state index contributed by atoms with van der Waals surface area (Å²) in [4.78, 5) is 17.1. The fraction of sp³-hybridized carbons (Fsp3) is 0.300. The van der Waals surface area contributed by atoms with Crippen molar-refractivity contribution in [3.05, 3.63) is 71.6 Å². The van der Waals surface area contributed by atoms with Crippen LogP contribution in [0.15, 0.2) is 48.4 Å². The number of hydrogen-bond donors (Lipinski definition) is 2. The Morgan fingerprint density at radius 2 is 1.82 bits per heavy atom. The zero-order chi connectivity index (χ0) is 19.0. The summed E-state index contributed by atoms with van der Waals surface area (Å²) in [5, 5.41) is 20.8. The summed E-state index contributed by atoms with van der Waals surface area (Å²) in [6.45, 7) is 0. The van der Waals surface area contributed by atoms with Gasteiger partial charge in [0.1, 0.15) is 24.1 Å². The lowest BCUT2D eigenvalue weighted by atomic mass is 9.72. The van der Waals surface area contributed by atoms with E-state index in [1.807, 2.05) is 18.2 Å². The number of allylic oxidation sites excluding steroid dienone is 1. The van der Waals surface area contributed by atoms with Crippen LogP contribution in [-0.4, -0.2) is 41.1 Å². The molecule has 140 valence electrons. The quantitative estimate of drug-likeness (QED) is 0.413.